The lowest BCUT2D eigenvalue weighted by Crippen LogP contribution is -2.25. The molecule has 2 nitrogen and oxygen atoms in total. The molecule has 1 heterocycles. The van der Waals surface area contributed by atoms with Crippen LogP contribution in [0, 0.1) is 6.92 Å². The van der Waals surface area contributed by atoms with Crippen LogP contribution in [-0.2, 0) is 4.79 Å². The molecule has 2 rings (SSSR count). The molecule has 0 atom stereocenters. The zero-order valence-corrected chi connectivity index (χ0v) is 8.08. The number of allylic oxidation sites excluding steroid dienone is 1. The third-order valence-electron chi connectivity index (χ3n) is 2.38. The molecule has 1 aromatic rings. The van der Waals surface area contributed by atoms with E-state index in [1.165, 1.54) is 0 Å². The molecule has 1 aromatic carbocycles. The molecule has 1 aliphatic heterocycles. The van der Waals surface area contributed by atoms with Gasteiger partial charge in [-0.15, -0.1) is 6.58 Å². The van der Waals surface area contributed by atoms with Gasteiger partial charge >= 0.3 is 0 Å². The average molecular weight is 185 g/mol. The number of fused-ring (bicyclic) bond motifs is 1. The maximum absolute atomic E-state index is 11.5. The van der Waals surface area contributed by atoms with Crippen LogP contribution in [0.5, 0.6) is 0 Å². The molecule has 0 fully saturated rings. The Balaban J connectivity index is 2.82. The number of para-hydroxylation sites is 1. The normalized spacial score (nSPS) is 13.8. The van der Waals surface area contributed by atoms with Crippen molar-refractivity contribution < 1.29 is 4.79 Å². The molecule has 14 heavy (non-hydrogen) atoms. The summed E-state index contributed by atoms with van der Waals surface area (Å²) in [5, 5.41) is 1.80. The van der Waals surface area contributed by atoms with Crippen LogP contribution >= 0.6 is 0 Å². The van der Waals surface area contributed by atoms with Gasteiger partial charge in [-0.1, -0.05) is 24.3 Å². The number of amides is 1. The third kappa shape index (κ3) is 1.20. The third-order valence-corrected chi connectivity index (χ3v) is 2.38. The van der Waals surface area contributed by atoms with E-state index in [-0.39, 0.29) is 5.91 Å². The number of carbonyl (C=O) groups is 1. The minimum absolute atomic E-state index is 0.116. The summed E-state index contributed by atoms with van der Waals surface area (Å²) in [5.74, 6) is -0.116. The number of aryl methyl sites for hydroxylation is 1. The summed E-state index contributed by atoms with van der Waals surface area (Å²) in [6.45, 7) is 5.60. The van der Waals surface area contributed by atoms with Crippen LogP contribution in [0.15, 0.2) is 35.8 Å². The number of hydrogen-bond acceptors (Lipinski definition) is 1. The number of hydrogen-bond donors (Lipinski definition) is 0. The van der Waals surface area contributed by atoms with Gasteiger partial charge in [0.05, 0.1) is 5.36 Å². The quantitative estimate of drug-likeness (QED) is 0.629. The van der Waals surface area contributed by atoms with Crippen LogP contribution < -0.4 is 10.6 Å². The largest absolute Gasteiger partial charge is 0.274 e. The monoisotopic (exact) mass is 185 g/mol. The fourth-order valence-electron chi connectivity index (χ4n) is 1.68. The van der Waals surface area contributed by atoms with E-state index in [1.807, 2.05) is 25.1 Å². The Bertz CT molecular complexity index is 526. The van der Waals surface area contributed by atoms with Gasteiger partial charge in [0.25, 0.3) is 5.91 Å². The van der Waals surface area contributed by atoms with Gasteiger partial charge in [0.15, 0.2) is 0 Å². The van der Waals surface area contributed by atoms with Crippen molar-refractivity contribution in [3.63, 3.8) is 0 Å². The van der Waals surface area contributed by atoms with Crippen molar-refractivity contribution in [3.05, 3.63) is 47.0 Å². The summed E-state index contributed by atoms with van der Waals surface area (Å²) in [5.41, 5.74) is 1.81. The Morgan fingerprint density at radius 2 is 2.29 bits per heavy atom. The molecule has 1 amide bonds. The van der Waals surface area contributed by atoms with Crippen molar-refractivity contribution in [2.75, 3.05) is 0 Å². The maximum Gasteiger partial charge on any atom is 0.274 e. The molecule has 0 bridgehead atoms. The Morgan fingerprint density at radius 1 is 1.50 bits per heavy atom. The first-order chi connectivity index (χ1) is 6.74. The summed E-state index contributed by atoms with van der Waals surface area (Å²) < 4.78 is 0. The second kappa shape index (κ2) is 3.22. The average Bonchev–Trinajstić information content (AvgIpc) is 2.47. The van der Waals surface area contributed by atoms with Crippen molar-refractivity contribution in [2.45, 2.75) is 13.3 Å². The van der Waals surface area contributed by atoms with Gasteiger partial charge in [0.1, 0.15) is 0 Å². The summed E-state index contributed by atoms with van der Waals surface area (Å²) in [6, 6.07) is 5.85. The first-order valence-corrected chi connectivity index (χ1v) is 4.57. The van der Waals surface area contributed by atoms with Crippen LogP contribution in [0.4, 0.5) is 0 Å². The van der Waals surface area contributed by atoms with Gasteiger partial charge < -0.3 is 0 Å². The smallest absolute Gasteiger partial charge is 0.267 e. The van der Waals surface area contributed by atoms with Crippen molar-refractivity contribution in [1.82, 2.24) is 0 Å². The minimum atomic E-state index is -0.116. The molecule has 0 N–H and O–H groups in total. The Labute approximate surface area is 82.3 Å². The summed E-state index contributed by atoms with van der Waals surface area (Å²) in [6.07, 6.45) is 2.33. The molecule has 0 saturated carbocycles. The van der Waals surface area contributed by atoms with Gasteiger partial charge in [-0.05, 0) is 18.9 Å². The number of nitrogens with zero attached hydrogens (tertiary/aromatic N) is 1. The van der Waals surface area contributed by atoms with E-state index in [0.717, 1.165) is 21.7 Å². The fourth-order valence-corrected chi connectivity index (χ4v) is 1.68. The molecule has 0 spiro atoms. The molecule has 0 unspecified atom stereocenters. The molecule has 0 aliphatic carbocycles. The SMILES string of the molecule is C=CCC1=c2cccc(C)c2=NC1=O. The Kier molecular flexibility index (Phi) is 2.04. The van der Waals surface area contributed by atoms with Crippen molar-refractivity contribution >= 4 is 11.5 Å². The van der Waals surface area contributed by atoms with E-state index >= 15 is 0 Å². The van der Waals surface area contributed by atoms with Gasteiger partial charge in [0.2, 0.25) is 0 Å². The van der Waals surface area contributed by atoms with Gasteiger partial charge in [-0.2, -0.15) is 0 Å². The minimum Gasteiger partial charge on any atom is -0.267 e. The van der Waals surface area contributed by atoms with Crippen LogP contribution in [0.1, 0.15) is 12.0 Å². The first kappa shape index (κ1) is 8.88. The highest BCUT2D eigenvalue weighted by Crippen LogP contribution is 2.06. The molecular weight excluding hydrogens is 174 g/mol. The fraction of sp³-hybridized carbons (Fsp3) is 0.167. The van der Waals surface area contributed by atoms with Crippen LogP contribution in [0.3, 0.4) is 0 Å². The second-order valence-corrected chi connectivity index (χ2v) is 3.36. The van der Waals surface area contributed by atoms with Gasteiger partial charge in [0, 0.05) is 10.8 Å². The lowest BCUT2D eigenvalue weighted by atomic mass is 10.1. The van der Waals surface area contributed by atoms with Crippen LogP contribution in [0.25, 0.3) is 5.57 Å². The highest BCUT2D eigenvalue weighted by molar-refractivity contribution is 6.15. The maximum atomic E-state index is 11.5. The summed E-state index contributed by atoms with van der Waals surface area (Å²) >= 11 is 0. The molecule has 70 valence electrons. The highest BCUT2D eigenvalue weighted by Gasteiger charge is 2.14. The lowest BCUT2D eigenvalue weighted by molar-refractivity contribution is -0.112. The standard InChI is InChI=1S/C12H11NO/c1-3-5-10-9-7-4-6-8(2)11(9)13-12(10)14/h3-4,6-7H,1,5H2,2H3. The zero-order chi connectivity index (χ0) is 10.1. The van der Waals surface area contributed by atoms with E-state index in [2.05, 4.69) is 11.6 Å². The van der Waals surface area contributed by atoms with Crippen molar-refractivity contribution in [1.29, 1.82) is 0 Å². The molecule has 1 aliphatic rings. The molecule has 0 saturated heterocycles. The zero-order valence-electron chi connectivity index (χ0n) is 8.08. The van der Waals surface area contributed by atoms with Crippen molar-refractivity contribution in [2.24, 2.45) is 4.99 Å². The Hall–Kier alpha value is -1.70. The van der Waals surface area contributed by atoms with Crippen molar-refractivity contribution in [3.8, 4) is 0 Å². The topological polar surface area (TPSA) is 29.4 Å². The van der Waals surface area contributed by atoms with Crippen LogP contribution in [-0.4, -0.2) is 5.91 Å². The van der Waals surface area contributed by atoms with E-state index in [0.29, 0.717) is 6.42 Å². The van der Waals surface area contributed by atoms with E-state index in [1.54, 1.807) is 6.08 Å². The molecular formula is C12H11NO. The molecule has 2 heteroatoms. The predicted molar refractivity (Wildman–Crippen MR) is 55.2 cm³/mol. The summed E-state index contributed by atoms with van der Waals surface area (Å²) in [7, 11) is 0. The number of rotatable bonds is 2. The number of carbonyl (C=O) groups excluding carboxylic acids is 1. The highest BCUT2D eigenvalue weighted by atomic mass is 16.1. The first-order valence-electron chi connectivity index (χ1n) is 4.57. The predicted octanol–water partition coefficient (Wildman–Crippen LogP) is 0.882. The number of benzene rings is 1. The van der Waals surface area contributed by atoms with E-state index in [4.69, 9.17) is 0 Å². The van der Waals surface area contributed by atoms with Gasteiger partial charge in [-0.3, -0.25) is 4.79 Å². The van der Waals surface area contributed by atoms with Crippen LogP contribution in [0.2, 0.25) is 0 Å². The summed E-state index contributed by atoms with van der Waals surface area (Å²) in [4.78, 5) is 15.5. The van der Waals surface area contributed by atoms with E-state index < -0.39 is 0 Å². The lowest BCUT2D eigenvalue weighted by Gasteiger charge is -1.92. The van der Waals surface area contributed by atoms with Gasteiger partial charge in [-0.25, -0.2) is 4.99 Å². The molecule has 0 radical (unpaired) electrons. The Morgan fingerprint density at radius 3 is 3.00 bits per heavy atom. The molecule has 0 aromatic heterocycles. The van der Waals surface area contributed by atoms with E-state index in [9.17, 15) is 4.79 Å². The second-order valence-electron chi connectivity index (χ2n) is 3.36.